The third kappa shape index (κ3) is 4.19. The van der Waals surface area contributed by atoms with Crippen molar-refractivity contribution in [3.8, 4) is 0 Å². The van der Waals surface area contributed by atoms with Gasteiger partial charge in [0, 0.05) is 25.7 Å². The molecule has 0 aromatic heterocycles. The predicted molar refractivity (Wildman–Crippen MR) is 85.8 cm³/mol. The highest BCUT2D eigenvalue weighted by molar-refractivity contribution is 5.85. The predicted octanol–water partition coefficient (Wildman–Crippen LogP) is 0.553. The fourth-order valence-electron chi connectivity index (χ4n) is 2.87. The van der Waals surface area contributed by atoms with Crippen LogP contribution in [-0.2, 0) is 16.1 Å². The molecular weight excluding hydrogens is 306 g/mol. The molecule has 1 heterocycles. The molecule has 1 aliphatic heterocycles. The molecule has 0 spiro atoms. The molecule has 1 saturated heterocycles. The maximum atomic E-state index is 11.9. The van der Waals surface area contributed by atoms with Crippen LogP contribution in [-0.4, -0.2) is 58.5 Å². The molecule has 0 aliphatic carbocycles. The Hall–Kier alpha value is -1.63. The molecule has 7 heteroatoms. The van der Waals surface area contributed by atoms with E-state index in [-0.39, 0.29) is 30.9 Å². The second-order valence-corrected chi connectivity index (χ2v) is 5.39. The number of hydrogen-bond acceptors (Lipinski definition) is 4. The molecule has 2 unspecified atom stereocenters. The second kappa shape index (κ2) is 8.12. The van der Waals surface area contributed by atoms with Crippen LogP contribution in [0.15, 0.2) is 30.3 Å². The number of nitrogens with two attached hydrogens (primary N) is 1. The number of rotatable bonds is 4. The van der Waals surface area contributed by atoms with Gasteiger partial charge >= 0.3 is 5.97 Å². The number of amides is 1. The molecule has 22 heavy (non-hydrogen) atoms. The van der Waals surface area contributed by atoms with E-state index in [2.05, 4.69) is 4.90 Å². The molecule has 2 atom stereocenters. The Bertz CT molecular complexity index is 512. The fraction of sp³-hybridized carbons (Fsp3) is 0.467. The van der Waals surface area contributed by atoms with Crippen molar-refractivity contribution in [2.75, 3.05) is 19.6 Å². The molecule has 2 rings (SSSR count). The van der Waals surface area contributed by atoms with Crippen LogP contribution in [0.3, 0.4) is 0 Å². The van der Waals surface area contributed by atoms with E-state index in [4.69, 9.17) is 5.73 Å². The van der Waals surface area contributed by atoms with E-state index in [1.165, 1.54) is 4.90 Å². The van der Waals surface area contributed by atoms with E-state index in [9.17, 15) is 14.7 Å². The quantitative estimate of drug-likeness (QED) is 0.843. The average Bonchev–Trinajstić information content (AvgIpc) is 2.47. The van der Waals surface area contributed by atoms with Gasteiger partial charge in [-0.05, 0) is 12.5 Å². The van der Waals surface area contributed by atoms with Crippen molar-refractivity contribution >= 4 is 24.3 Å². The third-order valence-corrected chi connectivity index (χ3v) is 3.76. The molecule has 1 aromatic carbocycles. The molecule has 1 fully saturated rings. The van der Waals surface area contributed by atoms with Gasteiger partial charge in [0.25, 0.3) is 0 Å². The number of benzene rings is 1. The fourth-order valence-corrected chi connectivity index (χ4v) is 2.87. The van der Waals surface area contributed by atoms with Crippen LogP contribution in [0.25, 0.3) is 0 Å². The van der Waals surface area contributed by atoms with Crippen LogP contribution < -0.4 is 5.73 Å². The highest BCUT2D eigenvalue weighted by Gasteiger charge is 2.38. The molecule has 0 bridgehead atoms. The Morgan fingerprint density at radius 2 is 1.91 bits per heavy atom. The van der Waals surface area contributed by atoms with Crippen molar-refractivity contribution in [1.82, 2.24) is 9.80 Å². The minimum absolute atomic E-state index is 0. The summed E-state index contributed by atoms with van der Waals surface area (Å²) >= 11 is 0. The van der Waals surface area contributed by atoms with Crippen molar-refractivity contribution < 1.29 is 14.7 Å². The summed E-state index contributed by atoms with van der Waals surface area (Å²) < 4.78 is 0. The van der Waals surface area contributed by atoms with Gasteiger partial charge in [0.15, 0.2) is 0 Å². The monoisotopic (exact) mass is 327 g/mol. The summed E-state index contributed by atoms with van der Waals surface area (Å²) in [5.74, 6) is -1.30. The minimum Gasteiger partial charge on any atom is -0.480 e. The van der Waals surface area contributed by atoms with E-state index in [1.54, 1.807) is 0 Å². The lowest BCUT2D eigenvalue weighted by Gasteiger charge is -2.43. The first kappa shape index (κ1) is 18.4. The van der Waals surface area contributed by atoms with Crippen molar-refractivity contribution in [3.63, 3.8) is 0 Å². The summed E-state index contributed by atoms with van der Waals surface area (Å²) in [7, 11) is 0. The standard InChI is InChI=1S/C15H21N3O3.ClH/c1-11-8-17(9-12-5-3-2-4-6-12)10-13(15(20)21)18(11)14(19)7-16;/h2-6,11,13H,7-10,16H2,1H3,(H,20,21);1H. The molecule has 1 aliphatic rings. The normalized spacial score (nSPS) is 22.0. The second-order valence-electron chi connectivity index (χ2n) is 5.39. The van der Waals surface area contributed by atoms with Gasteiger partial charge in [-0.2, -0.15) is 0 Å². The van der Waals surface area contributed by atoms with Crippen LogP contribution in [0, 0.1) is 0 Å². The zero-order valence-electron chi connectivity index (χ0n) is 12.5. The maximum absolute atomic E-state index is 11.9. The van der Waals surface area contributed by atoms with Crippen molar-refractivity contribution in [2.24, 2.45) is 5.73 Å². The average molecular weight is 328 g/mol. The number of carboxylic acid groups (broad SMARTS) is 1. The van der Waals surface area contributed by atoms with Gasteiger partial charge in [-0.25, -0.2) is 4.79 Å². The molecule has 3 N–H and O–H groups in total. The van der Waals surface area contributed by atoms with Crippen molar-refractivity contribution in [1.29, 1.82) is 0 Å². The number of carbonyl (C=O) groups is 2. The molecule has 1 aromatic rings. The Morgan fingerprint density at radius 1 is 1.27 bits per heavy atom. The number of piperazine rings is 1. The van der Waals surface area contributed by atoms with E-state index >= 15 is 0 Å². The first-order chi connectivity index (χ1) is 10.0. The minimum atomic E-state index is -0.985. The van der Waals surface area contributed by atoms with Gasteiger partial charge in [0.05, 0.1) is 6.54 Å². The van der Waals surface area contributed by atoms with E-state index in [1.807, 2.05) is 37.3 Å². The first-order valence-electron chi connectivity index (χ1n) is 7.03. The summed E-state index contributed by atoms with van der Waals surface area (Å²) in [4.78, 5) is 26.8. The number of halogens is 1. The largest absolute Gasteiger partial charge is 0.480 e. The molecular formula is C15H22ClN3O3. The molecule has 122 valence electrons. The van der Waals surface area contributed by atoms with Crippen LogP contribution >= 0.6 is 12.4 Å². The third-order valence-electron chi connectivity index (χ3n) is 3.76. The zero-order chi connectivity index (χ0) is 15.4. The first-order valence-corrected chi connectivity index (χ1v) is 7.03. The smallest absolute Gasteiger partial charge is 0.327 e. The molecule has 1 amide bonds. The molecule has 0 radical (unpaired) electrons. The van der Waals surface area contributed by atoms with Crippen LogP contribution in [0.1, 0.15) is 12.5 Å². The lowest BCUT2D eigenvalue weighted by Crippen LogP contribution is -2.62. The van der Waals surface area contributed by atoms with Gasteiger partial charge in [-0.1, -0.05) is 30.3 Å². The van der Waals surface area contributed by atoms with Crippen molar-refractivity contribution in [2.45, 2.75) is 25.6 Å². The number of aliphatic carboxylic acids is 1. The Balaban J connectivity index is 0.00000242. The lowest BCUT2D eigenvalue weighted by molar-refractivity contribution is -0.156. The summed E-state index contributed by atoms with van der Waals surface area (Å²) in [5, 5.41) is 9.39. The van der Waals surface area contributed by atoms with Gasteiger partial charge in [-0.3, -0.25) is 9.69 Å². The number of carboxylic acids is 1. The number of carbonyl (C=O) groups excluding carboxylic acids is 1. The van der Waals surface area contributed by atoms with E-state index in [0.29, 0.717) is 19.6 Å². The number of nitrogens with zero attached hydrogens (tertiary/aromatic N) is 2. The molecule has 6 nitrogen and oxygen atoms in total. The summed E-state index contributed by atoms with van der Waals surface area (Å²) in [6, 6.07) is 8.89. The summed E-state index contributed by atoms with van der Waals surface area (Å²) in [6.45, 7) is 3.35. The lowest BCUT2D eigenvalue weighted by atomic mass is 10.1. The highest BCUT2D eigenvalue weighted by Crippen LogP contribution is 2.18. The summed E-state index contributed by atoms with van der Waals surface area (Å²) in [6.07, 6.45) is 0. The van der Waals surface area contributed by atoms with Gasteiger partial charge in [0.2, 0.25) is 5.91 Å². The highest BCUT2D eigenvalue weighted by atomic mass is 35.5. The van der Waals surface area contributed by atoms with Crippen molar-refractivity contribution in [3.05, 3.63) is 35.9 Å². The summed E-state index contributed by atoms with van der Waals surface area (Å²) in [5.41, 5.74) is 6.52. The van der Waals surface area contributed by atoms with E-state index in [0.717, 1.165) is 5.56 Å². The Labute approximate surface area is 136 Å². The van der Waals surface area contributed by atoms with Gasteiger partial charge in [-0.15, -0.1) is 12.4 Å². The van der Waals surface area contributed by atoms with Crippen LogP contribution in [0.5, 0.6) is 0 Å². The topological polar surface area (TPSA) is 86.9 Å². The SMILES string of the molecule is CC1CN(Cc2ccccc2)CC(C(=O)O)N1C(=O)CN.Cl. The van der Waals surface area contributed by atoms with Gasteiger partial charge < -0.3 is 15.7 Å². The van der Waals surface area contributed by atoms with E-state index < -0.39 is 12.0 Å². The molecule has 0 saturated carbocycles. The Morgan fingerprint density at radius 3 is 2.45 bits per heavy atom. The van der Waals surface area contributed by atoms with Crippen LogP contribution in [0.2, 0.25) is 0 Å². The van der Waals surface area contributed by atoms with Gasteiger partial charge in [0.1, 0.15) is 6.04 Å². The number of hydrogen-bond donors (Lipinski definition) is 2. The van der Waals surface area contributed by atoms with Crippen LogP contribution in [0.4, 0.5) is 0 Å². The Kier molecular flexibility index (Phi) is 6.80. The maximum Gasteiger partial charge on any atom is 0.327 e. The zero-order valence-corrected chi connectivity index (χ0v) is 13.3.